The molecule has 0 unspecified atom stereocenters. The predicted molar refractivity (Wildman–Crippen MR) is 64.9 cm³/mol. The molecule has 0 fully saturated rings. The van der Waals surface area contributed by atoms with Crippen molar-refractivity contribution in [1.82, 2.24) is 15.0 Å². The molecule has 0 atom stereocenters. The number of aromatic nitrogens is 3. The van der Waals surface area contributed by atoms with Crippen molar-refractivity contribution >= 4 is 11.7 Å². The van der Waals surface area contributed by atoms with Crippen LogP contribution in [0.4, 0.5) is 5.82 Å². The molecule has 1 heterocycles. The zero-order valence-electron chi connectivity index (χ0n) is 10.1. The van der Waals surface area contributed by atoms with E-state index in [1.807, 2.05) is 32.0 Å². The first kappa shape index (κ1) is 11.3. The van der Waals surface area contributed by atoms with E-state index in [1.165, 1.54) is 11.0 Å². The zero-order chi connectivity index (χ0) is 12.4. The zero-order valence-corrected chi connectivity index (χ0v) is 10.1. The largest absolute Gasteiger partial charge is 0.304 e. The highest BCUT2D eigenvalue weighted by Crippen LogP contribution is 2.12. The molecule has 88 valence electrons. The van der Waals surface area contributed by atoms with E-state index in [4.69, 9.17) is 0 Å². The lowest BCUT2D eigenvalue weighted by atomic mass is 10.1. The average molecular weight is 230 g/mol. The summed E-state index contributed by atoms with van der Waals surface area (Å²) in [5, 5.41) is 10.6. The van der Waals surface area contributed by atoms with Crippen LogP contribution in [0.2, 0.25) is 0 Å². The molecule has 0 radical (unpaired) electrons. The van der Waals surface area contributed by atoms with Gasteiger partial charge in [-0.25, -0.2) is 0 Å². The Balaban J connectivity index is 2.20. The summed E-state index contributed by atoms with van der Waals surface area (Å²) in [6, 6.07) is 5.71. The molecule has 0 saturated carbocycles. The molecule has 5 nitrogen and oxygen atoms in total. The summed E-state index contributed by atoms with van der Waals surface area (Å²) in [5.74, 6) is 0.292. The molecule has 2 aromatic rings. The summed E-state index contributed by atoms with van der Waals surface area (Å²) >= 11 is 0. The number of hydrogen-bond donors (Lipinski definition) is 1. The van der Waals surface area contributed by atoms with Gasteiger partial charge in [-0.2, -0.15) is 9.90 Å². The van der Waals surface area contributed by atoms with E-state index in [0.717, 1.165) is 11.1 Å². The number of rotatable bonds is 2. The van der Waals surface area contributed by atoms with Crippen molar-refractivity contribution in [3.8, 4) is 0 Å². The third-order valence-corrected chi connectivity index (χ3v) is 2.47. The van der Waals surface area contributed by atoms with Crippen molar-refractivity contribution < 1.29 is 4.79 Å². The number of aryl methyl sites for hydroxylation is 3. The maximum absolute atomic E-state index is 12.0. The first-order valence-corrected chi connectivity index (χ1v) is 5.31. The first-order valence-electron chi connectivity index (χ1n) is 5.31. The second-order valence-electron chi connectivity index (χ2n) is 3.99. The van der Waals surface area contributed by atoms with E-state index in [0.29, 0.717) is 11.4 Å². The van der Waals surface area contributed by atoms with Gasteiger partial charge < -0.3 is 5.32 Å². The number of anilines is 1. The second kappa shape index (κ2) is 4.37. The summed E-state index contributed by atoms with van der Waals surface area (Å²) < 4.78 is 0. The Bertz CT molecular complexity index is 559. The minimum Gasteiger partial charge on any atom is -0.304 e. The highest BCUT2D eigenvalue weighted by molar-refractivity contribution is 6.04. The van der Waals surface area contributed by atoms with Gasteiger partial charge in [0, 0.05) is 12.6 Å². The van der Waals surface area contributed by atoms with Gasteiger partial charge in [0.25, 0.3) is 5.91 Å². The van der Waals surface area contributed by atoms with Crippen LogP contribution in [0.15, 0.2) is 24.4 Å². The SMILES string of the molecule is Cc1ccc(C(=O)Nc2cnn(C)n2)c(C)c1. The second-order valence-corrected chi connectivity index (χ2v) is 3.99. The summed E-state index contributed by atoms with van der Waals surface area (Å²) in [6.45, 7) is 3.91. The number of benzene rings is 1. The van der Waals surface area contributed by atoms with Gasteiger partial charge in [0.05, 0.1) is 6.20 Å². The summed E-state index contributed by atoms with van der Waals surface area (Å²) in [5.41, 5.74) is 2.74. The Hall–Kier alpha value is -2.17. The number of nitrogens with one attached hydrogen (secondary N) is 1. The van der Waals surface area contributed by atoms with Crippen LogP contribution in [0.3, 0.4) is 0 Å². The van der Waals surface area contributed by atoms with Crippen LogP contribution >= 0.6 is 0 Å². The van der Waals surface area contributed by atoms with Crippen LogP contribution in [0, 0.1) is 13.8 Å². The fourth-order valence-electron chi connectivity index (χ4n) is 1.66. The number of amides is 1. The molecule has 0 spiro atoms. The molecule has 0 aliphatic carbocycles. The van der Waals surface area contributed by atoms with Crippen molar-refractivity contribution in [3.63, 3.8) is 0 Å². The minimum atomic E-state index is -0.164. The molecular formula is C12H14N4O. The minimum absolute atomic E-state index is 0.164. The van der Waals surface area contributed by atoms with Crippen LogP contribution in [0.1, 0.15) is 21.5 Å². The number of hydrogen-bond acceptors (Lipinski definition) is 3. The molecule has 0 bridgehead atoms. The molecule has 1 aromatic heterocycles. The van der Waals surface area contributed by atoms with Gasteiger partial charge in [-0.05, 0) is 25.5 Å². The number of nitrogens with zero attached hydrogens (tertiary/aromatic N) is 3. The third-order valence-electron chi connectivity index (χ3n) is 2.47. The molecule has 0 aliphatic heterocycles. The van der Waals surface area contributed by atoms with Gasteiger partial charge in [0.15, 0.2) is 5.82 Å². The Kier molecular flexibility index (Phi) is 2.91. The van der Waals surface area contributed by atoms with Gasteiger partial charge in [-0.15, -0.1) is 5.10 Å². The normalized spacial score (nSPS) is 10.3. The van der Waals surface area contributed by atoms with Crippen LogP contribution in [-0.4, -0.2) is 20.9 Å². The lowest BCUT2D eigenvalue weighted by Gasteiger charge is -2.05. The fourth-order valence-corrected chi connectivity index (χ4v) is 1.66. The number of carbonyl (C=O) groups is 1. The molecule has 2 rings (SSSR count). The maximum Gasteiger partial charge on any atom is 0.257 e. The van der Waals surface area contributed by atoms with Crippen molar-refractivity contribution in [2.24, 2.45) is 7.05 Å². The smallest absolute Gasteiger partial charge is 0.257 e. The summed E-state index contributed by atoms with van der Waals surface area (Å²) in [6.07, 6.45) is 1.52. The Morgan fingerprint density at radius 2 is 2.12 bits per heavy atom. The lowest BCUT2D eigenvalue weighted by Crippen LogP contribution is -2.14. The number of carbonyl (C=O) groups excluding carboxylic acids is 1. The van der Waals surface area contributed by atoms with Gasteiger partial charge in [-0.1, -0.05) is 17.7 Å². The van der Waals surface area contributed by atoms with Crippen molar-refractivity contribution in [2.45, 2.75) is 13.8 Å². The fraction of sp³-hybridized carbons (Fsp3) is 0.250. The molecule has 17 heavy (non-hydrogen) atoms. The van der Waals surface area contributed by atoms with E-state index in [2.05, 4.69) is 15.5 Å². The topological polar surface area (TPSA) is 59.8 Å². The van der Waals surface area contributed by atoms with Crippen LogP contribution in [0.5, 0.6) is 0 Å². The Morgan fingerprint density at radius 3 is 2.71 bits per heavy atom. The maximum atomic E-state index is 12.0. The van der Waals surface area contributed by atoms with E-state index < -0.39 is 0 Å². The highest BCUT2D eigenvalue weighted by atomic mass is 16.1. The predicted octanol–water partition coefficient (Wildman–Crippen LogP) is 1.68. The molecule has 1 amide bonds. The average Bonchev–Trinajstić information content (AvgIpc) is 2.63. The van der Waals surface area contributed by atoms with Crippen LogP contribution in [-0.2, 0) is 7.05 Å². The van der Waals surface area contributed by atoms with E-state index >= 15 is 0 Å². The monoisotopic (exact) mass is 230 g/mol. The van der Waals surface area contributed by atoms with Crippen LogP contribution < -0.4 is 5.32 Å². The van der Waals surface area contributed by atoms with Gasteiger partial charge >= 0.3 is 0 Å². The molecule has 0 saturated heterocycles. The van der Waals surface area contributed by atoms with E-state index in [9.17, 15) is 4.79 Å². The third kappa shape index (κ3) is 2.50. The Labute approximate surface area is 99.5 Å². The first-order chi connectivity index (χ1) is 8.06. The molecule has 1 aromatic carbocycles. The molecule has 1 N–H and O–H groups in total. The molecule has 0 aliphatic rings. The van der Waals surface area contributed by atoms with Crippen LogP contribution in [0.25, 0.3) is 0 Å². The molecule has 5 heteroatoms. The van der Waals surface area contributed by atoms with E-state index in [-0.39, 0.29) is 5.91 Å². The van der Waals surface area contributed by atoms with Gasteiger partial charge in [0.2, 0.25) is 0 Å². The van der Waals surface area contributed by atoms with Gasteiger partial charge in [-0.3, -0.25) is 4.79 Å². The summed E-state index contributed by atoms with van der Waals surface area (Å²) in [7, 11) is 1.70. The van der Waals surface area contributed by atoms with E-state index in [1.54, 1.807) is 7.05 Å². The lowest BCUT2D eigenvalue weighted by molar-refractivity contribution is 0.102. The highest BCUT2D eigenvalue weighted by Gasteiger charge is 2.10. The van der Waals surface area contributed by atoms with Gasteiger partial charge in [0.1, 0.15) is 0 Å². The van der Waals surface area contributed by atoms with Crippen molar-refractivity contribution in [3.05, 3.63) is 41.1 Å². The quantitative estimate of drug-likeness (QED) is 0.854. The van der Waals surface area contributed by atoms with Crippen molar-refractivity contribution in [2.75, 3.05) is 5.32 Å². The Morgan fingerprint density at radius 1 is 1.35 bits per heavy atom. The standard InChI is InChI=1S/C12H14N4O/c1-8-4-5-10(9(2)6-8)12(17)14-11-7-13-16(3)15-11/h4-7H,1-3H3,(H,14,15,17). The van der Waals surface area contributed by atoms with Crippen molar-refractivity contribution in [1.29, 1.82) is 0 Å². The molecular weight excluding hydrogens is 216 g/mol. The summed E-state index contributed by atoms with van der Waals surface area (Å²) in [4.78, 5) is 13.4.